The molecule has 5 unspecified atom stereocenters. The molecule has 0 aromatic carbocycles. The minimum absolute atomic E-state index is 0.762. The molecule has 5 atom stereocenters. The SMILES string of the molecule is CC1C2CC3CC(C2)CC1(CCN1CC2CC4CC(C2)CC1C4)C3. The Morgan fingerprint density at radius 1 is 0.750 bits per heavy atom. The molecule has 1 heteroatoms. The molecular weight excluding hydrogens is 290 g/mol. The van der Waals surface area contributed by atoms with Gasteiger partial charge >= 0.3 is 0 Å². The van der Waals surface area contributed by atoms with Crippen molar-refractivity contribution >= 4 is 0 Å². The van der Waals surface area contributed by atoms with Crippen molar-refractivity contribution in [3.05, 3.63) is 0 Å². The van der Waals surface area contributed by atoms with Crippen molar-refractivity contribution < 1.29 is 0 Å². The van der Waals surface area contributed by atoms with Gasteiger partial charge < -0.3 is 4.90 Å². The third-order valence-corrected chi connectivity index (χ3v) is 10.1. The van der Waals surface area contributed by atoms with E-state index in [9.17, 15) is 0 Å². The first-order chi connectivity index (χ1) is 11.7. The van der Waals surface area contributed by atoms with E-state index in [-0.39, 0.29) is 0 Å². The molecule has 0 radical (unpaired) electrons. The summed E-state index contributed by atoms with van der Waals surface area (Å²) in [5.74, 6) is 7.66. The molecule has 1 nitrogen and oxygen atoms in total. The molecule has 0 spiro atoms. The van der Waals surface area contributed by atoms with Crippen molar-refractivity contribution in [2.75, 3.05) is 13.1 Å². The molecule has 6 saturated carbocycles. The van der Waals surface area contributed by atoms with Gasteiger partial charge in [-0.1, -0.05) is 6.92 Å². The molecule has 0 aromatic rings. The normalized spacial score (nSPS) is 58.4. The average Bonchev–Trinajstić information content (AvgIpc) is 2.73. The fraction of sp³-hybridized carbons (Fsp3) is 1.00. The molecule has 6 aliphatic carbocycles. The zero-order chi connectivity index (χ0) is 15.9. The number of hydrogen-bond acceptors (Lipinski definition) is 1. The second-order valence-electron chi connectivity index (χ2n) is 11.4. The summed E-state index contributed by atoms with van der Waals surface area (Å²) in [5, 5.41) is 0. The lowest BCUT2D eigenvalue weighted by Crippen LogP contribution is -2.53. The topological polar surface area (TPSA) is 3.24 Å². The van der Waals surface area contributed by atoms with Crippen LogP contribution in [-0.4, -0.2) is 24.0 Å². The monoisotopic (exact) mass is 327 g/mol. The first kappa shape index (κ1) is 15.1. The average molecular weight is 328 g/mol. The van der Waals surface area contributed by atoms with Gasteiger partial charge in [0.15, 0.2) is 0 Å². The fourth-order valence-electron chi connectivity index (χ4n) is 9.42. The molecule has 0 amide bonds. The highest BCUT2D eigenvalue weighted by molar-refractivity contribution is 5.05. The summed E-state index contributed by atoms with van der Waals surface area (Å²) in [5.41, 5.74) is 0.762. The highest BCUT2D eigenvalue weighted by Gasteiger charge is 2.55. The molecular formula is C23H37N. The van der Waals surface area contributed by atoms with Crippen LogP contribution in [-0.2, 0) is 0 Å². The maximum Gasteiger partial charge on any atom is 0.0101 e. The summed E-state index contributed by atoms with van der Waals surface area (Å²) in [6.45, 7) is 5.58. The lowest BCUT2D eigenvalue weighted by atomic mass is 9.44. The molecule has 24 heavy (non-hydrogen) atoms. The van der Waals surface area contributed by atoms with Gasteiger partial charge in [0.2, 0.25) is 0 Å². The van der Waals surface area contributed by atoms with Crippen LogP contribution in [0.1, 0.15) is 77.6 Å². The van der Waals surface area contributed by atoms with Crippen molar-refractivity contribution in [3.63, 3.8) is 0 Å². The third kappa shape index (κ3) is 2.22. The van der Waals surface area contributed by atoms with Gasteiger partial charge in [-0.3, -0.25) is 0 Å². The van der Waals surface area contributed by atoms with E-state index in [2.05, 4.69) is 11.8 Å². The first-order valence-corrected chi connectivity index (χ1v) is 11.4. The van der Waals surface area contributed by atoms with Crippen LogP contribution in [0.3, 0.4) is 0 Å². The minimum Gasteiger partial charge on any atom is -0.300 e. The molecule has 8 aliphatic rings. The number of rotatable bonds is 3. The highest BCUT2D eigenvalue weighted by atomic mass is 15.2. The van der Waals surface area contributed by atoms with Gasteiger partial charge in [-0.2, -0.15) is 0 Å². The van der Waals surface area contributed by atoms with Crippen LogP contribution in [0, 0.1) is 46.8 Å². The van der Waals surface area contributed by atoms with Crippen molar-refractivity contribution in [1.29, 1.82) is 0 Å². The summed E-state index contributed by atoms with van der Waals surface area (Å²) in [7, 11) is 0. The Morgan fingerprint density at radius 2 is 1.38 bits per heavy atom. The van der Waals surface area contributed by atoms with Gasteiger partial charge in [-0.05, 0) is 124 Å². The Labute approximate surface area is 148 Å². The van der Waals surface area contributed by atoms with E-state index in [1.165, 1.54) is 13.1 Å². The van der Waals surface area contributed by atoms with Gasteiger partial charge in [-0.25, -0.2) is 0 Å². The van der Waals surface area contributed by atoms with E-state index in [0.29, 0.717) is 0 Å². The van der Waals surface area contributed by atoms with Crippen LogP contribution in [0.4, 0.5) is 0 Å². The Bertz CT molecular complexity index is 484. The van der Waals surface area contributed by atoms with Crippen LogP contribution in [0.25, 0.3) is 0 Å². The maximum absolute atomic E-state index is 3.02. The fourth-order valence-corrected chi connectivity index (χ4v) is 9.42. The summed E-state index contributed by atoms with van der Waals surface area (Å²) in [6.07, 6.45) is 17.4. The largest absolute Gasteiger partial charge is 0.300 e. The summed E-state index contributed by atoms with van der Waals surface area (Å²) in [4.78, 5) is 3.02. The molecule has 2 heterocycles. The predicted octanol–water partition coefficient (Wildman–Crippen LogP) is 5.35. The van der Waals surface area contributed by atoms with Crippen molar-refractivity contribution in [2.24, 2.45) is 46.8 Å². The highest BCUT2D eigenvalue weighted by Crippen LogP contribution is 2.64. The zero-order valence-electron chi connectivity index (χ0n) is 15.8. The van der Waals surface area contributed by atoms with Crippen LogP contribution < -0.4 is 0 Å². The molecule has 2 saturated heterocycles. The number of fused-ring (bicyclic) bond motifs is 1. The van der Waals surface area contributed by atoms with E-state index in [4.69, 9.17) is 0 Å². The van der Waals surface area contributed by atoms with E-state index in [0.717, 1.165) is 52.9 Å². The second kappa shape index (κ2) is 5.24. The Kier molecular flexibility index (Phi) is 3.29. The third-order valence-electron chi connectivity index (χ3n) is 10.1. The second-order valence-corrected chi connectivity index (χ2v) is 11.4. The Hall–Kier alpha value is -0.0400. The van der Waals surface area contributed by atoms with Gasteiger partial charge in [0.1, 0.15) is 0 Å². The first-order valence-electron chi connectivity index (χ1n) is 11.4. The number of hydrogen-bond donors (Lipinski definition) is 0. The van der Waals surface area contributed by atoms with E-state index in [1.807, 2.05) is 0 Å². The molecule has 8 bridgehead atoms. The quantitative estimate of drug-likeness (QED) is 0.675. The minimum atomic E-state index is 0.762. The lowest BCUT2D eigenvalue weighted by Gasteiger charge is -2.61. The van der Waals surface area contributed by atoms with Crippen LogP contribution in [0.15, 0.2) is 0 Å². The molecule has 134 valence electrons. The van der Waals surface area contributed by atoms with Gasteiger partial charge in [-0.15, -0.1) is 0 Å². The molecule has 0 aromatic heterocycles. The molecule has 2 aliphatic heterocycles. The summed E-state index contributed by atoms with van der Waals surface area (Å²) < 4.78 is 0. The van der Waals surface area contributed by atoms with Crippen LogP contribution >= 0.6 is 0 Å². The Balaban J connectivity index is 1.19. The van der Waals surface area contributed by atoms with Gasteiger partial charge in [0.25, 0.3) is 0 Å². The Morgan fingerprint density at radius 3 is 2.08 bits per heavy atom. The van der Waals surface area contributed by atoms with Crippen molar-refractivity contribution in [3.8, 4) is 0 Å². The summed E-state index contributed by atoms with van der Waals surface area (Å²) >= 11 is 0. The van der Waals surface area contributed by atoms with Gasteiger partial charge in [0.05, 0.1) is 0 Å². The maximum atomic E-state index is 3.02. The van der Waals surface area contributed by atoms with Gasteiger partial charge in [0, 0.05) is 12.6 Å². The standard InChI is InChI=1S/C23H37N/c1-15-21-8-18-7-19(9-21)13-23(15,12-18)2-3-24-14-20-5-16-4-17(6-20)11-22(24)10-16/h15-22H,2-14H2,1H3. The van der Waals surface area contributed by atoms with Crippen LogP contribution in [0.5, 0.6) is 0 Å². The zero-order valence-corrected chi connectivity index (χ0v) is 15.8. The molecule has 8 rings (SSSR count). The van der Waals surface area contributed by atoms with E-state index in [1.54, 1.807) is 70.6 Å². The predicted molar refractivity (Wildman–Crippen MR) is 98.7 cm³/mol. The lowest BCUT2D eigenvalue weighted by molar-refractivity contribution is -0.110. The van der Waals surface area contributed by atoms with Crippen molar-refractivity contribution in [1.82, 2.24) is 4.90 Å². The van der Waals surface area contributed by atoms with Crippen molar-refractivity contribution in [2.45, 2.75) is 83.6 Å². The smallest absolute Gasteiger partial charge is 0.0101 e. The van der Waals surface area contributed by atoms with Crippen LogP contribution in [0.2, 0.25) is 0 Å². The number of nitrogens with zero attached hydrogens (tertiary/aromatic N) is 1. The van der Waals surface area contributed by atoms with E-state index < -0.39 is 0 Å². The molecule has 8 fully saturated rings. The van der Waals surface area contributed by atoms with E-state index >= 15 is 0 Å². The summed E-state index contributed by atoms with van der Waals surface area (Å²) in [6, 6.07) is 0.977. The molecule has 0 N–H and O–H groups in total.